The number of allylic oxidation sites excluding steroid dienone is 2. The van der Waals surface area contributed by atoms with E-state index in [1.165, 1.54) is 12.4 Å². The number of tetrazole rings is 2. The lowest BCUT2D eigenvalue weighted by Gasteiger charge is -2.10. The average molecular weight is 374 g/mol. The molecular weight excluding hydrogens is 359 g/mol. The van der Waals surface area contributed by atoms with E-state index in [0.29, 0.717) is 9.36 Å². The number of phosphoric ester groups is 1. The summed E-state index contributed by atoms with van der Waals surface area (Å²) in [6, 6.07) is 0. The van der Waals surface area contributed by atoms with Gasteiger partial charge in [-0.3, -0.25) is 9.05 Å². The highest BCUT2D eigenvalue weighted by molar-refractivity contribution is 7.47. The summed E-state index contributed by atoms with van der Waals surface area (Å²) in [6.07, 6.45) is 5.81. The van der Waals surface area contributed by atoms with Gasteiger partial charge in [0.1, 0.15) is 0 Å². The quantitative estimate of drug-likeness (QED) is 0.563. The Morgan fingerprint density at radius 1 is 0.920 bits per heavy atom. The van der Waals surface area contributed by atoms with Crippen molar-refractivity contribution in [2.45, 2.75) is 27.3 Å². The molecule has 2 aromatic heterocycles. The molecule has 0 aliphatic heterocycles. The van der Waals surface area contributed by atoms with Crippen LogP contribution in [-0.2, 0) is 27.1 Å². The third-order valence-electron chi connectivity index (χ3n) is 2.59. The molecule has 0 aromatic carbocycles. The van der Waals surface area contributed by atoms with Crippen molar-refractivity contribution in [3.05, 3.63) is 33.1 Å². The molecule has 0 saturated heterocycles. The second-order valence-corrected chi connectivity index (χ2v) is 5.81. The fourth-order valence-corrected chi connectivity index (χ4v) is 2.08. The van der Waals surface area contributed by atoms with Gasteiger partial charge < -0.3 is 4.89 Å². The highest BCUT2D eigenvalue weighted by Gasteiger charge is 2.23. The van der Waals surface area contributed by atoms with Crippen molar-refractivity contribution in [1.29, 1.82) is 0 Å². The summed E-state index contributed by atoms with van der Waals surface area (Å²) in [6.45, 7) is 1.99. The Kier molecular flexibility index (Phi) is 5.93. The minimum Gasteiger partial charge on any atom is -0.302 e. The van der Waals surface area contributed by atoms with Crippen molar-refractivity contribution in [2.75, 3.05) is 0 Å². The SMILES string of the molecule is C/C=C/n1nnn(COP(=O)(O)OCn2nnn(/C=C/C)c2=O)c1=O. The number of aromatic nitrogens is 8. The van der Waals surface area contributed by atoms with Gasteiger partial charge in [-0.15, -0.1) is 0 Å². The van der Waals surface area contributed by atoms with Crippen molar-refractivity contribution in [1.82, 2.24) is 39.6 Å². The summed E-state index contributed by atoms with van der Waals surface area (Å²) in [7, 11) is -4.58. The highest BCUT2D eigenvalue weighted by Crippen LogP contribution is 2.43. The third-order valence-corrected chi connectivity index (χ3v) is 3.47. The van der Waals surface area contributed by atoms with Gasteiger partial charge in [-0.2, -0.15) is 18.7 Å². The fourth-order valence-electron chi connectivity index (χ4n) is 1.50. The Morgan fingerprint density at radius 2 is 1.32 bits per heavy atom. The maximum atomic E-state index is 11.8. The number of hydrogen-bond donors (Lipinski definition) is 1. The van der Waals surface area contributed by atoms with E-state index in [-0.39, 0.29) is 0 Å². The molecule has 0 bridgehead atoms. The molecule has 0 spiro atoms. The molecule has 0 amide bonds. The first kappa shape index (κ1) is 18.7. The number of hydrogen-bond acceptors (Lipinski definition) is 9. The summed E-state index contributed by atoms with van der Waals surface area (Å²) in [5, 5.41) is 13.9. The van der Waals surface area contributed by atoms with Gasteiger partial charge in [-0.25, -0.2) is 14.2 Å². The summed E-state index contributed by atoms with van der Waals surface area (Å²) < 4.78 is 24.3. The molecule has 14 nitrogen and oxygen atoms in total. The summed E-state index contributed by atoms with van der Waals surface area (Å²) >= 11 is 0. The van der Waals surface area contributed by atoms with Crippen LogP contribution < -0.4 is 11.4 Å². The van der Waals surface area contributed by atoms with Crippen LogP contribution in [0.15, 0.2) is 21.7 Å². The van der Waals surface area contributed by atoms with Crippen LogP contribution in [0, 0.1) is 0 Å². The molecule has 2 rings (SSSR count). The van der Waals surface area contributed by atoms with Gasteiger partial charge in [0.05, 0.1) is 0 Å². The first-order chi connectivity index (χ1) is 11.9. The van der Waals surface area contributed by atoms with E-state index in [4.69, 9.17) is 0 Å². The molecule has 2 aromatic rings. The molecule has 1 N–H and O–H groups in total. The van der Waals surface area contributed by atoms with E-state index in [2.05, 4.69) is 29.9 Å². The molecule has 0 aliphatic carbocycles. The van der Waals surface area contributed by atoms with Crippen LogP contribution in [0.5, 0.6) is 0 Å². The predicted molar refractivity (Wildman–Crippen MR) is 82.6 cm³/mol. The van der Waals surface area contributed by atoms with Gasteiger partial charge in [-0.1, -0.05) is 12.2 Å². The Morgan fingerprint density at radius 3 is 1.68 bits per heavy atom. The lowest BCUT2D eigenvalue weighted by Crippen LogP contribution is -2.25. The zero-order valence-electron chi connectivity index (χ0n) is 13.2. The standard InChI is InChI=1S/C10H15N8O6P/c1-3-5-15-9(19)17(13-11-15)7-23-25(21,22)24-8-18-10(20)16(6-4-2)12-14-18/h3-6H,7-8H2,1-2H3,(H,21,22)/b5-3+,6-4+. The smallest absolute Gasteiger partial charge is 0.302 e. The summed E-state index contributed by atoms with van der Waals surface area (Å²) in [5.74, 6) is 0. The van der Waals surface area contributed by atoms with Crippen LogP contribution in [0.25, 0.3) is 12.4 Å². The van der Waals surface area contributed by atoms with Gasteiger partial charge >= 0.3 is 19.2 Å². The lowest BCUT2D eigenvalue weighted by molar-refractivity contribution is 0.0842. The Bertz CT molecular complexity index is 864. The predicted octanol–water partition coefficient (Wildman–Crippen LogP) is -1.08. The van der Waals surface area contributed by atoms with Crippen LogP contribution >= 0.6 is 7.82 Å². The van der Waals surface area contributed by atoms with Crippen molar-refractivity contribution in [3.8, 4) is 0 Å². The van der Waals surface area contributed by atoms with Crippen LogP contribution in [0.3, 0.4) is 0 Å². The molecule has 0 aliphatic rings. The fraction of sp³-hybridized carbons (Fsp3) is 0.400. The van der Waals surface area contributed by atoms with E-state index in [1.54, 1.807) is 26.0 Å². The molecule has 2 heterocycles. The van der Waals surface area contributed by atoms with Gasteiger partial charge in [0, 0.05) is 12.4 Å². The van der Waals surface area contributed by atoms with Gasteiger partial charge in [-0.05, 0) is 34.7 Å². The zero-order valence-corrected chi connectivity index (χ0v) is 14.1. The topological polar surface area (TPSA) is 161 Å². The number of nitrogens with zero attached hydrogens (tertiary/aromatic N) is 8. The molecule has 25 heavy (non-hydrogen) atoms. The maximum absolute atomic E-state index is 11.8. The van der Waals surface area contributed by atoms with Gasteiger partial charge in [0.25, 0.3) is 0 Å². The Balaban J connectivity index is 1.97. The maximum Gasteiger partial charge on any atom is 0.475 e. The molecule has 0 unspecified atom stereocenters. The average Bonchev–Trinajstić information content (AvgIpc) is 3.09. The first-order valence-corrected chi connectivity index (χ1v) is 8.29. The van der Waals surface area contributed by atoms with Crippen molar-refractivity contribution >= 4 is 20.2 Å². The summed E-state index contributed by atoms with van der Waals surface area (Å²) in [5.41, 5.74) is -1.35. The summed E-state index contributed by atoms with van der Waals surface area (Å²) in [4.78, 5) is 33.1. The van der Waals surface area contributed by atoms with Gasteiger partial charge in [0.15, 0.2) is 13.5 Å². The van der Waals surface area contributed by atoms with Crippen molar-refractivity contribution in [3.63, 3.8) is 0 Å². The van der Waals surface area contributed by atoms with E-state index in [1.807, 2.05) is 0 Å². The molecule has 0 fully saturated rings. The van der Waals surface area contributed by atoms with E-state index in [9.17, 15) is 19.0 Å². The lowest BCUT2D eigenvalue weighted by atomic mass is 10.7. The molecule has 0 radical (unpaired) electrons. The van der Waals surface area contributed by atoms with Crippen LogP contribution in [0.1, 0.15) is 13.8 Å². The highest BCUT2D eigenvalue weighted by atomic mass is 31.2. The third kappa shape index (κ3) is 4.67. The van der Waals surface area contributed by atoms with Crippen molar-refractivity contribution < 1.29 is 18.5 Å². The van der Waals surface area contributed by atoms with E-state index in [0.717, 1.165) is 9.36 Å². The Labute approximate surface area is 139 Å². The molecule has 15 heteroatoms. The molecular formula is C10H15N8O6P. The van der Waals surface area contributed by atoms with Crippen molar-refractivity contribution in [2.24, 2.45) is 0 Å². The normalized spacial score (nSPS) is 12.6. The minimum atomic E-state index is -4.58. The zero-order chi connectivity index (χ0) is 18.4. The van der Waals surface area contributed by atoms with E-state index < -0.39 is 32.7 Å². The second kappa shape index (κ2) is 7.94. The monoisotopic (exact) mass is 374 g/mol. The van der Waals surface area contributed by atoms with Crippen LogP contribution in [0.2, 0.25) is 0 Å². The van der Waals surface area contributed by atoms with Crippen LogP contribution in [0.4, 0.5) is 0 Å². The minimum absolute atomic E-state index is 0.676. The molecule has 136 valence electrons. The van der Waals surface area contributed by atoms with E-state index >= 15 is 0 Å². The number of rotatable bonds is 8. The second-order valence-electron chi connectivity index (χ2n) is 4.36. The number of phosphoric acid groups is 1. The Hall–Kier alpha value is -2.67. The first-order valence-electron chi connectivity index (χ1n) is 6.80. The molecule has 0 atom stereocenters. The van der Waals surface area contributed by atoms with Crippen LogP contribution in [-0.4, -0.2) is 44.5 Å². The van der Waals surface area contributed by atoms with Gasteiger partial charge in [0.2, 0.25) is 0 Å². The molecule has 0 saturated carbocycles. The largest absolute Gasteiger partial charge is 0.475 e.